The molecule has 9 heteroatoms. The van der Waals surface area contributed by atoms with Gasteiger partial charge in [0.25, 0.3) is 0 Å². The third-order valence-corrected chi connectivity index (χ3v) is 5.03. The van der Waals surface area contributed by atoms with Gasteiger partial charge in [-0.1, -0.05) is 6.58 Å². The van der Waals surface area contributed by atoms with E-state index in [9.17, 15) is 15.3 Å². The highest BCUT2D eigenvalue weighted by Gasteiger charge is 2.46. The Morgan fingerprint density at radius 2 is 2.00 bits per heavy atom. The van der Waals surface area contributed by atoms with Gasteiger partial charge < -0.3 is 30.5 Å². The van der Waals surface area contributed by atoms with Gasteiger partial charge in [0, 0.05) is 17.5 Å². The number of ether oxygens (including phenoxy) is 1. The summed E-state index contributed by atoms with van der Waals surface area (Å²) in [6.07, 6.45) is 0.214. The van der Waals surface area contributed by atoms with Crippen LogP contribution in [0.15, 0.2) is 17.8 Å². The number of aliphatic imine (C=N–C) groups is 1. The largest absolute Gasteiger partial charge is 0.388 e. The van der Waals surface area contributed by atoms with Gasteiger partial charge in [0.15, 0.2) is 0 Å². The van der Waals surface area contributed by atoms with Crippen LogP contribution in [0.2, 0.25) is 0 Å². The van der Waals surface area contributed by atoms with E-state index in [1.54, 1.807) is 6.26 Å². The van der Waals surface area contributed by atoms with Crippen molar-refractivity contribution in [1.29, 1.82) is 0 Å². The predicted octanol–water partition coefficient (Wildman–Crippen LogP) is -0.718. The third-order valence-electron chi connectivity index (χ3n) is 3.25. The number of nitrogens with zero attached hydrogens (tertiary/aromatic N) is 1. The second-order valence-corrected chi connectivity index (χ2v) is 6.81. The number of thioether (sulfide) groups is 1. The van der Waals surface area contributed by atoms with E-state index in [4.69, 9.17) is 10.5 Å². The van der Waals surface area contributed by atoms with Crippen molar-refractivity contribution in [3.63, 3.8) is 0 Å². The zero-order valence-corrected chi connectivity index (χ0v) is 13.6. The summed E-state index contributed by atoms with van der Waals surface area (Å²) in [6.45, 7) is 5.32. The molecule has 0 saturated carbocycles. The number of nitrogens with one attached hydrogen (secondary N) is 1. The van der Waals surface area contributed by atoms with Gasteiger partial charge in [0.05, 0.1) is 6.34 Å². The fraction of sp³-hybridized carbons (Fsp3) is 0.750. The molecule has 122 valence electrons. The molecule has 0 aromatic carbocycles. The molecule has 21 heavy (non-hydrogen) atoms. The number of rotatable bonds is 7. The number of aliphatic hydroxyl groups is 3. The summed E-state index contributed by atoms with van der Waals surface area (Å²) < 4.78 is 8.51. The van der Waals surface area contributed by atoms with Crippen molar-refractivity contribution in [3.8, 4) is 0 Å². The van der Waals surface area contributed by atoms with Gasteiger partial charge in [-0.25, -0.2) is 4.99 Å². The Labute approximate surface area is 133 Å². The fourth-order valence-corrected chi connectivity index (χ4v) is 3.28. The molecule has 1 aliphatic heterocycles. The molecule has 1 rings (SSSR count). The average molecular weight is 337 g/mol. The highest BCUT2D eigenvalue weighted by molar-refractivity contribution is 7.99. The summed E-state index contributed by atoms with van der Waals surface area (Å²) in [4.78, 5) is 3.79. The summed E-state index contributed by atoms with van der Waals surface area (Å²) in [5, 5.41) is 29.6. The van der Waals surface area contributed by atoms with E-state index < -0.39 is 35.9 Å². The molecule has 0 amide bonds. The van der Waals surface area contributed by atoms with Crippen LogP contribution in [0.1, 0.15) is 6.92 Å². The highest BCUT2D eigenvalue weighted by atomic mass is 32.2. The highest BCUT2D eigenvalue weighted by Crippen LogP contribution is 2.30. The van der Waals surface area contributed by atoms with Gasteiger partial charge >= 0.3 is 0 Å². The van der Waals surface area contributed by atoms with Crippen LogP contribution in [-0.4, -0.2) is 69.1 Å². The molecule has 1 fully saturated rings. The first kappa shape index (κ1) is 18.8. The van der Waals surface area contributed by atoms with Crippen molar-refractivity contribution in [2.45, 2.75) is 48.1 Å². The lowest BCUT2D eigenvalue weighted by Crippen LogP contribution is -2.63. The van der Waals surface area contributed by atoms with E-state index in [1.165, 1.54) is 36.2 Å². The number of hydrogen-bond acceptors (Lipinski definition) is 8. The molecular formula is C12H23N3O4S2. The van der Waals surface area contributed by atoms with Crippen LogP contribution in [0.25, 0.3) is 0 Å². The minimum Gasteiger partial charge on any atom is -0.388 e. The summed E-state index contributed by atoms with van der Waals surface area (Å²) in [7, 11) is 0. The molecule has 0 radical (unpaired) electrons. The van der Waals surface area contributed by atoms with Gasteiger partial charge in [-0.15, -0.1) is 11.8 Å². The quantitative estimate of drug-likeness (QED) is 0.235. The second-order valence-electron chi connectivity index (χ2n) is 4.66. The molecule has 0 aromatic heterocycles. The minimum atomic E-state index is -1.28. The first-order valence-electron chi connectivity index (χ1n) is 6.45. The first-order chi connectivity index (χ1) is 9.93. The van der Waals surface area contributed by atoms with E-state index in [1.807, 2.05) is 6.92 Å². The summed E-state index contributed by atoms with van der Waals surface area (Å²) >= 11 is 2.58. The van der Waals surface area contributed by atoms with Crippen LogP contribution >= 0.6 is 23.7 Å². The van der Waals surface area contributed by atoms with E-state index in [2.05, 4.69) is 16.3 Å². The molecule has 1 saturated heterocycles. The number of hydrogen-bond donors (Lipinski definition) is 5. The van der Waals surface area contributed by atoms with E-state index >= 15 is 0 Å². The Kier molecular flexibility index (Phi) is 8.03. The number of nitrogens with two attached hydrogens (primary N) is 1. The molecule has 0 bridgehead atoms. The molecule has 6 N–H and O–H groups in total. The molecular weight excluding hydrogens is 314 g/mol. The van der Waals surface area contributed by atoms with Crippen molar-refractivity contribution >= 4 is 30.0 Å². The fourth-order valence-electron chi connectivity index (χ4n) is 1.95. The first-order valence-corrected chi connectivity index (χ1v) is 8.62. The van der Waals surface area contributed by atoms with Gasteiger partial charge in [-0.3, -0.25) is 0 Å². The Hall–Kier alpha value is -0.290. The van der Waals surface area contributed by atoms with E-state index in [0.29, 0.717) is 0 Å². The third kappa shape index (κ3) is 4.85. The van der Waals surface area contributed by atoms with Crippen LogP contribution in [0.3, 0.4) is 0 Å². The molecule has 3 unspecified atom stereocenters. The smallest absolute Gasteiger partial charge is 0.132 e. The topological polar surface area (TPSA) is 120 Å². The lowest BCUT2D eigenvalue weighted by Gasteiger charge is -2.43. The normalized spacial score (nSPS) is 36.4. The maximum absolute atomic E-state index is 10.1. The Balaban J connectivity index is 2.64. The van der Waals surface area contributed by atoms with Crippen LogP contribution in [0.5, 0.6) is 0 Å². The standard InChI is InChI=1S/C12H23N3O4S2/c1-4-14-5-15-21-6(2)7(13)11-9(17)8(16)10(18)12(19-11)20-3/h4-12,16-18H,1,13H2,2-3H3,(H,14,15)/t6-,7+,8?,9?,10+,11+,12?/m0/s1. The predicted molar refractivity (Wildman–Crippen MR) is 87.0 cm³/mol. The Morgan fingerprint density at radius 1 is 1.33 bits per heavy atom. The lowest BCUT2D eigenvalue weighted by atomic mass is 9.94. The van der Waals surface area contributed by atoms with Crippen LogP contribution in [-0.2, 0) is 4.74 Å². The molecule has 7 atom stereocenters. The van der Waals surface area contributed by atoms with Crippen LogP contribution < -0.4 is 10.5 Å². The summed E-state index contributed by atoms with van der Waals surface area (Å²) in [5.41, 5.74) is 5.49. The summed E-state index contributed by atoms with van der Waals surface area (Å²) in [5.74, 6) is 0. The average Bonchev–Trinajstić information content (AvgIpc) is 2.48. The van der Waals surface area contributed by atoms with Gasteiger partial charge in [0.1, 0.15) is 29.9 Å². The van der Waals surface area contributed by atoms with Crippen molar-refractivity contribution in [1.82, 2.24) is 4.72 Å². The van der Waals surface area contributed by atoms with Crippen molar-refractivity contribution in [2.75, 3.05) is 6.26 Å². The van der Waals surface area contributed by atoms with Crippen molar-refractivity contribution in [3.05, 3.63) is 12.8 Å². The monoisotopic (exact) mass is 337 g/mol. The van der Waals surface area contributed by atoms with Gasteiger partial charge in [-0.2, -0.15) is 0 Å². The maximum atomic E-state index is 10.1. The minimum absolute atomic E-state index is 0.120. The molecule has 7 nitrogen and oxygen atoms in total. The molecule has 1 aliphatic rings. The van der Waals surface area contributed by atoms with E-state index in [-0.39, 0.29) is 5.25 Å². The second kappa shape index (κ2) is 8.99. The van der Waals surface area contributed by atoms with Gasteiger partial charge in [-0.05, 0) is 25.1 Å². The van der Waals surface area contributed by atoms with Crippen LogP contribution in [0.4, 0.5) is 0 Å². The number of aliphatic hydroxyl groups excluding tert-OH is 3. The Bertz CT molecular complexity index is 359. The SMILES string of the molecule is C=CN=CNS[C@@H](C)[C@@H](N)[C@H]1OC(SC)[C@H](O)C(O)C1O. The zero-order valence-electron chi connectivity index (χ0n) is 12.0. The Morgan fingerprint density at radius 3 is 2.57 bits per heavy atom. The summed E-state index contributed by atoms with van der Waals surface area (Å²) in [6, 6.07) is -0.536. The van der Waals surface area contributed by atoms with Gasteiger partial charge in [0.2, 0.25) is 0 Å². The van der Waals surface area contributed by atoms with Crippen molar-refractivity contribution in [2.24, 2.45) is 10.7 Å². The molecule has 0 aliphatic carbocycles. The van der Waals surface area contributed by atoms with Crippen LogP contribution in [0, 0.1) is 0 Å². The van der Waals surface area contributed by atoms with Crippen molar-refractivity contribution < 1.29 is 20.1 Å². The molecule has 0 spiro atoms. The maximum Gasteiger partial charge on any atom is 0.132 e. The molecule has 1 heterocycles. The molecule has 0 aromatic rings. The van der Waals surface area contributed by atoms with E-state index in [0.717, 1.165) is 0 Å². The lowest BCUT2D eigenvalue weighted by molar-refractivity contribution is -0.202. The zero-order chi connectivity index (χ0) is 16.0.